The van der Waals surface area contributed by atoms with Gasteiger partial charge in [-0.15, -0.1) is 0 Å². The predicted molar refractivity (Wildman–Crippen MR) is 73.2 cm³/mol. The van der Waals surface area contributed by atoms with Crippen molar-refractivity contribution in [3.8, 4) is 0 Å². The van der Waals surface area contributed by atoms with Crippen LogP contribution in [0.5, 0.6) is 0 Å². The van der Waals surface area contributed by atoms with Crippen LogP contribution in [0.15, 0.2) is 30.3 Å². The summed E-state index contributed by atoms with van der Waals surface area (Å²) in [7, 11) is 0. The maximum atomic E-state index is 11.6. The van der Waals surface area contributed by atoms with E-state index < -0.39 is 18.2 Å². The SMILES string of the molecule is C.CCC(=O)OC(OC(=O)C(C)C)c1ccccc1. The van der Waals surface area contributed by atoms with Crippen molar-refractivity contribution in [1.29, 1.82) is 0 Å². The number of benzene rings is 1. The Morgan fingerprint density at radius 2 is 1.68 bits per heavy atom. The molecule has 1 aromatic rings. The summed E-state index contributed by atoms with van der Waals surface area (Å²) in [6.07, 6.45) is -0.726. The second-order valence-corrected chi connectivity index (χ2v) is 4.18. The first-order chi connectivity index (χ1) is 8.54. The molecule has 1 rings (SSSR count). The molecule has 1 unspecified atom stereocenters. The Labute approximate surface area is 114 Å². The van der Waals surface area contributed by atoms with Crippen LogP contribution in [0.1, 0.15) is 46.5 Å². The van der Waals surface area contributed by atoms with Crippen molar-refractivity contribution < 1.29 is 19.1 Å². The number of ether oxygens (including phenoxy) is 2. The summed E-state index contributed by atoms with van der Waals surface area (Å²) in [6.45, 7) is 5.15. The molecule has 4 heteroatoms. The Balaban J connectivity index is 0.00000324. The zero-order valence-corrected chi connectivity index (χ0v) is 10.9. The minimum atomic E-state index is -0.964. The number of rotatable bonds is 5. The van der Waals surface area contributed by atoms with Gasteiger partial charge in [0.05, 0.1) is 5.92 Å². The van der Waals surface area contributed by atoms with Gasteiger partial charge >= 0.3 is 11.9 Å². The Kier molecular flexibility index (Phi) is 7.49. The molecule has 0 fully saturated rings. The standard InChI is InChI=1S/C14H18O4.CH4/c1-4-12(15)17-14(18-13(16)10(2)3)11-8-6-5-7-9-11;/h5-10,14H,4H2,1-3H3;1H4. The highest BCUT2D eigenvalue weighted by molar-refractivity contribution is 5.72. The molecule has 0 aliphatic carbocycles. The van der Waals surface area contributed by atoms with Crippen LogP contribution in [0.25, 0.3) is 0 Å². The van der Waals surface area contributed by atoms with Gasteiger partial charge in [0.25, 0.3) is 6.29 Å². The van der Waals surface area contributed by atoms with Crippen molar-refractivity contribution in [1.82, 2.24) is 0 Å². The number of carbonyl (C=O) groups is 2. The largest absolute Gasteiger partial charge is 0.421 e. The molecule has 106 valence electrons. The van der Waals surface area contributed by atoms with Crippen LogP contribution < -0.4 is 0 Å². The molecule has 1 aromatic carbocycles. The van der Waals surface area contributed by atoms with E-state index >= 15 is 0 Å². The van der Waals surface area contributed by atoms with Crippen molar-refractivity contribution in [2.45, 2.75) is 40.9 Å². The summed E-state index contributed by atoms with van der Waals surface area (Å²) in [5.41, 5.74) is 0.647. The molecule has 1 atom stereocenters. The number of carbonyl (C=O) groups excluding carboxylic acids is 2. The van der Waals surface area contributed by atoms with Crippen LogP contribution in [0.2, 0.25) is 0 Å². The number of hydrogen-bond donors (Lipinski definition) is 0. The van der Waals surface area contributed by atoms with E-state index in [0.29, 0.717) is 5.56 Å². The molecular formula is C15H22O4. The summed E-state index contributed by atoms with van der Waals surface area (Å²) >= 11 is 0. The lowest BCUT2D eigenvalue weighted by molar-refractivity contribution is -0.191. The fourth-order valence-electron chi connectivity index (χ4n) is 1.21. The third-order valence-corrected chi connectivity index (χ3v) is 2.29. The molecule has 0 N–H and O–H groups in total. The van der Waals surface area contributed by atoms with Crippen LogP contribution in [0.3, 0.4) is 0 Å². The van der Waals surface area contributed by atoms with E-state index in [1.807, 2.05) is 6.07 Å². The van der Waals surface area contributed by atoms with Gasteiger partial charge in [-0.3, -0.25) is 9.59 Å². The molecule has 0 spiro atoms. The van der Waals surface area contributed by atoms with E-state index in [1.165, 1.54) is 0 Å². The highest BCUT2D eigenvalue weighted by atomic mass is 16.7. The van der Waals surface area contributed by atoms with Crippen LogP contribution in [-0.2, 0) is 19.1 Å². The third-order valence-electron chi connectivity index (χ3n) is 2.29. The van der Waals surface area contributed by atoms with Crippen molar-refractivity contribution in [3.05, 3.63) is 35.9 Å². The molecule has 0 amide bonds. The number of hydrogen-bond acceptors (Lipinski definition) is 4. The monoisotopic (exact) mass is 266 g/mol. The quantitative estimate of drug-likeness (QED) is 0.605. The van der Waals surface area contributed by atoms with Gasteiger partial charge < -0.3 is 9.47 Å². The Bertz CT molecular complexity index is 398. The van der Waals surface area contributed by atoms with Gasteiger partial charge in [0.2, 0.25) is 0 Å². The first kappa shape index (κ1) is 17.2. The van der Waals surface area contributed by atoms with Crippen LogP contribution in [0, 0.1) is 5.92 Å². The smallest absolute Gasteiger partial charge is 0.311 e. The lowest BCUT2D eigenvalue weighted by Gasteiger charge is -2.19. The highest BCUT2D eigenvalue weighted by Crippen LogP contribution is 2.20. The lowest BCUT2D eigenvalue weighted by Crippen LogP contribution is -2.20. The maximum absolute atomic E-state index is 11.6. The van der Waals surface area contributed by atoms with Gasteiger partial charge in [-0.05, 0) is 0 Å². The number of esters is 2. The molecule has 0 saturated heterocycles. The van der Waals surface area contributed by atoms with Crippen molar-refractivity contribution in [3.63, 3.8) is 0 Å². The van der Waals surface area contributed by atoms with Gasteiger partial charge in [-0.2, -0.15) is 0 Å². The second-order valence-electron chi connectivity index (χ2n) is 4.18. The van der Waals surface area contributed by atoms with E-state index in [-0.39, 0.29) is 19.8 Å². The third kappa shape index (κ3) is 5.55. The summed E-state index contributed by atoms with van der Waals surface area (Å²) in [6, 6.07) is 8.94. The summed E-state index contributed by atoms with van der Waals surface area (Å²) < 4.78 is 10.3. The molecule has 0 aliphatic heterocycles. The zero-order valence-electron chi connectivity index (χ0n) is 10.9. The second kappa shape index (κ2) is 8.29. The van der Waals surface area contributed by atoms with E-state index in [1.54, 1.807) is 45.0 Å². The van der Waals surface area contributed by atoms with Gasteiger partial charge in [-0.25, -0.2) is 0 Å². The first-order valence-corrected chi connectivity index (χ1v) is 5.99. The fourth-order valence-corrected chi connectivity index (χ4v) is 1.21. The zero-order chi connectivity index (χ0) is 13.5. The minimum Gasteiger partial charge on any atom is -0.421 e. The average Bonchev–Trinajstić information content (AvgIpc) is 2.38. The van der Waals surface area contributed by atoms with Crippen LogP contribution >= 0.6 is 0 Å². The van der Waals surface area contributed by atoms with Gasteiger partial charge in [0.15, 0.2) is 0 Å². The topological polar surface area (TPSA) is 52.6 Å². The molecule has 0 aliphatic rings. The van der Waals surface area contributed by atoms with Gasteiger partial charge in [0.1, 0.15) is 0 Å². The van der Waals surface area contributed by atoms with E-state index in [9.17, 15) is 9.59 Å². The van der Waals surface area contributed by atoms with E-state index in [4.69, 9.17) is 9.47 Å². The van der Waals surface area contributed by atoms with Crippen LogP contribution in [0.4, 0.5) is 0 Å². The molecule has 0 aromatic heterocycles. The van der Waals surface area contributed by atoms with E-state index in [2.05, 4.69) is 0 Å². The molecule has 4 nitrogen and oxygen atoms in total. The normalized spacial score (nSPS) is 11.4. The predicted octanol–water partition coefficient (Wildman–Crippen LogP) is 3.47. The average molecular weight is 266 g/mol. The first-order valence-electron chi connectivity index (χ1n) is 5.99. The summed E-state index contributed by atoms with van der Waals surface area (Å²) in [4.78, 5) is 22.9. The molecule has 0 heterocycles. The Morgan fingerprint density at radius 3 is 2.16 bits per heavy atom. The molecule has 0 saturated carbocycles. The Hall–Kier alpha value is -1.84. The lowest BCUT2D eigenvalue weighted by atomic mass is 10.2. The van der Waals surface area contributed by atoms with Crippen molar-refractivity contribution >= 4 is 11.9 Å². The molecule has 0 radical (unpaired) electrons. The van der Waals surface area contributed by atoms with Gasteiger partial charge in [-0.1, -0.05) is 58.5 Å². The highest BCUT2D eigenvalue weighted by Gasteiger charge is 2.21. The summed E-state index contributed by atoms with van der Waals surface area (Å²) in [5.74, 6) is -1.07. The molecule has 19 heavy (non-hydrogen) atoms. The summed E-state index contributed by atoms with van der Waals surface area (Å²) in [5, 5.41) is 0. The van der Waals surface area contributed by atoms with Crippen molar-refractivity contribution in [2.75, 3.05) is 0 Å². The van der Waals surface area contributed by atoms with Crippen molar-refractivity contribution in [2.24, 2.45) is 5.92 Å². The Morgan fingerprint density at radius 1 is 1.11 bits per heavy atom. The fraction of sp³-hybridized carbons (Fsp3) is 0.467. The van der Waals surface area contributed by atoms with E-state index in [0.717, 1.165) is 0 Å². The minimum absolute atomic E-state index is 0. The van der Waals surface area contributed by atoms with Crippen LogP contribution in [-0.4, -0.2) is 11.9 Å². The van der Waals surface area contributed by atoms with Gasteiger partial charge in [0, 0.05) is 12.0 Å². The molecular weight excluding hydrogens is 244 g/mol. The maximum Gasteiger partial charge on any atom is 0.311 e. The molecule has 0 bridgehead atoms.